The number of hydrogen-bond acceptors (Lipinski definition) is 4. The highest BCUT2D eigenvalue weighted by Gasteiger charge is 2.32. The molecule has 30 heavy (non-hydrogen) atoms. The predicted octanol–water partition coefficient (Wildman–Crippen LogP) is 2.73. The maximum absolute atomic E-state index is 13.9. The summed E-state index contributed by atoms with van der Waals surface area (Å²) in [5, 5.41) is 16.4. The number of nitrogens with one attached hydrogen (secondary N) is 1. The van der Waals surface area contributed by atoms with Gasteiger partial charge in [0.05, 0.1) is 23.7 Å². The van der Waals surface area contributed by atoms with Crippen molar-refractivity contribution in [3.05, 3.63) is 65.1 Å². The van der Waals surface area contributed by atoms with Crippen LogP contribution in [-0.2, 0) is 11.3 Å². The Morgan fingerprint density at radius 3 is 2.47 bits per heavy atom. The van der Waals surface area contributed by atoms with E-state index in [9.17, 15) is 14.0 Å². The van der Waals surface area contributed by atoms with Gasteiger partial charge in [-0.25, -0.2) is 4.39 Å². The second-order valence-corrected chi connectivity index (χ2v) is 8.15. The Kier molecular flexibility index (Phi) is 5.56. The number of nitrogens with zero attached hydrogens (tertiary/aromatic N) is 3. The van der Waals surface area contributed by atoms with Crippen LogP contribution in [0, 0.1) is 22.6 Å². The van der Waals surface area contributed by atoms with Crippen LogP contribution in [0.25, 0.3) is 10.9 Å². The van der Waals surface area contributed by atoms with E-state index in [0.717, 1.165) is 5.56 Å². The molecule has 2 aromatic carbocycles. The van der Waals surface area contributed by atoms with Crippen molar-refractivity contribution >= 4 is 22.7 Å². The molecule has 1 heterocycles. The van der Waals surface area contributed by atoms with E-state index in [1.165, 1.54) is 22.9 Å². The van der Waals surface area contributed by atoms with Gasteiger partial charge < -0.3 is 11.1 Å². The molecule has 3 N–H and O–H groups in total. The van der Waals surface area contributed by atoms with Gasteiger partial charge in [0.2, 0.25) is 5.91 Å². The zero-order chi connectivity index (χ0) is 22.1. The van der Waals surface area contributed by atoms with E-state index in [1.54, 1.807) is 45.0 Å². The molecule has 3 aromatic rings. The molecule has 0 radical (unpaired) electrons. The van der Waals surface area contributed by atoms with E-state index in [0.29, 0.717) is 16.5 Å². The monoisotopic (exact) mass is 407 g/mol. The van der Waals surface area contributed by atoms with Crippen molar-refractivity contribution in [3.8, 4) is 6.07 Å². The SMILES string of the molecule is CC(C)(C)C(NC(=O)c1nn(Cc2ccc(C#N)cc2)c2cc(F)ccc12)C(N)=O. The fourth-order valence-corrected chi connectivity index (χ4v) is 3.21. The number of rotatable bonds is 5. The van der Waals surface area contributed by atoms with Crippen LogP contribution in [-0.4, -0.2) is 27.6 Å². The Hall–Kier alpha value is -3.73. The van der Waals surface area contributed by atoms with Crippen LogP contribution in [0.3, 0.4) is 0 Å². The molecule has 8 heteroatoms. The molecule has 0 saturated heterocycles. The summed E-state index contributed by atoms with van der Waals surface area (Å²) in [6.45, 7) is 5.65. The summed E-state index contributed by atoms with van der Waals surface area (Å²) < 4.78 is 15.4. The largest absolute Gasteiger partial charge is 0.368 e. The third-order valence-corrected chi connectivity index (χ3v) is 4.77. The second-order valence-electron chi connectivity index (χ2n) is 8.15. The van der Waals surface area contributed by atoms with Gasteiger partial charge in [-0.15, -0.1) is 0 Å². The van der Waals surface area contributed by atoms with E-state index in [2.05, 4.69) is 16.5 Å². The first-order valence-corrected chi connectivity index (χ1v) is 9.35. The Morgan fingerprint density at radius 1 is 1.23 bits per heavy atom. The quantitative estimate of drug-likeness (QED) is 0.677. The molecule has 154 valence electrons. The van der Waals surface area contributed by atoms with Gasteiger partial charge in [0, 0.05) is 5.39 Å². The van der Waals surface area contributed by atoms with Crippen molar-refractivity contribution < 1.29 is 14.0 Å². The van der Waals surface area contributed by atoms with Crippen LogP contribution in [0.4, 0.5) is 4.39 Å². The molecule has 0 fully saturated rings. The minimum atomic E-state index is -0.899. The third-order valence-electron chi connectivity index (χ3n) is 4.77. The van der Waals surface area contributed by atoms with Crippen LogP contribution in [0.2, 0.25) is 0 Å². The van der Waals surface area contributed by atoms with E-state index >= 15 is 0 Å². The number of nitriles is 1. The number of halogens is 1. The standard InChI is InChI=1S/C22H22FN5O2/c1-22(2,3)19(20(25)29)26-21(30)18-16-9-8-15(23)10-17(16)28(27-18)12-14-6-4-13(11-24)5-7-14/h4-10,19H,12H2,1-3H3,(H2,25,29)(H,26,30). The van der Waals surface area contributed by atoms with Crippen LogP contribution in [0.15, 0.2) is 42.5 Å². The summed E-state index contributed by atoms with van der Waals surface area (Å²) in [6, 6.07) is 12.1. The van der Waals surface area contributed by atoms with Crippen molar-refractivity contribution in [1.82, 2.24) is 15.1 Å². The number of carbonyl (C=O) groups is 2. The van der Waals surface area contributed by atoms with Crippen molar-refractivity contribution in [2.75, 3.05) is 0 Å². The van der Waals surface area contributed by atoms with Gasteiger partial charge in [0.25, 0.3) is 5.91 Å². The van der Waals surface area contributed by atoms with Crippen LogP contribution < -0.4 is 11.1 Å². The number of fused-ring (bicyclic) bond motifs is 1. The average Bonchev–Trinajstić information content (AvgIpc) is 3.03. The third kappa shape index (κ3) is 4.30. The first-order chi connectivity index (χ1) is 14.1. The molecule has 0 aliphatic rings. The lowest BCUT2D eigenvalue weighted by molar-refractivity contribution is -0.122. The molecular weight excluding hydrogens is 385 g/mol. The zero-order valence-corrected chi connectivity index (χ0v) is 16.9. The first kappa shape index (κ1) is 21.0. The molecule has 3 rings (SSSR count). The zero-order valence-electron chi connectivity index (χ0n) is 16.9. The van der Waals surface area contributed by atoms with Crippen molar-refractivity contribution in [3.63, 3.8) is 0 Å². The topological polar surface area (TPSA) is 114 Å². The van der Waals surface area contributed by atoms with Crippen molar-refractivity contribution in [1.29, 1.82) is 5.26 Å². The summed E-state index contributed by atoms with van der Waals surface area (Å²) >= 11 is 0. The number of nitrogens with two attached hydrogens (primary N) is 1. The fraction of sp³-hybridized carbons (Fsp3) is 0.273. The molecular formula is C22H22FN5O2. The average molecular weight is 407 g/mol. The maximum atomic E-state index is 13.9. The Bertz CT molecular complexity index is 1150. The lowest BCUT2D eigenvalue weighted by Gasteiger charge is -2.28. The van der Waals surface area contributed by atoms with Crippen molar-refractivity contribution in [2.24, 2.45) is 11.1 Å². The number of primary amides is 1. The molecule has 1 unspecified atom stereocenters. The summed E-state index contributed by atoms with van der Waals surface area (Å²) in [5.74, 6) is -1.67. The maximum Gasteiger partial charge on any atom is 0.273 e. The molecule has 7 nitrogen and oxygen atoms in total. The molecule has 1 aromatic heterocycles. The summed E-state index contributed by atoms with van der Waals surface area (Å²) in [6.07, 6.45) is 0. The second kappa shape index (κ2) is 7.95. The highest BCUT2D eigenvalue weighted by atomic mass is 19.1. The smallest absolute Gasteiger partial charge is 0.273 e. The van der Waals surface area contributed by atoms with Gasteiger partial charge in [-0.3, -0.25) is 14.3 Å². The van der Waals surface area contributed by atoms with E-state index in [1.807, 2.05) is 0 Å². The minimum Gasteiger partial charge on any atom is -0.368 e. The van der Waals surface area contributed by atoms with Crippen molar-refractivity contribution in [2.45, 2.75) is 33.4 Å². The van der Waals surface area contributed by atoms with E-state index < -0.39 is 29.1 Å². The lowest BCUT2D eigenvalue weighted by Crippen LogP contribution is -2.52. The van der Waals surface area contributed by atoms with Gasteiger partial charge in [-0.05, 0) is 41.3 Å². The predicted molar refractivity (Wildman–Crippen MR) is 110 cm³/mol. The Labute approximate surface area is 173 Å². The lowest BCUT2D eigenvalue weighted by atomic mass is 9.86. The first-order valence-electron chi connectivity index (χ1n) is 9.35. The van der Waals surface area contributed by atoms with Crippen LogP contribution in [0.5, 0.6) is 0 Å². The molecule has 2 amide bonds. The summed E-state index contributed by atoms with van der Waals surface area (Å²) in [5.41, 5.74) is 6.75. The molecule has 0 saturated carbocycles. The fourth-order valence-electron chi connectivity index (χ4n) is 3.21. The van der Waals surface area contributed by atoms with Crippen LogP contribution in [0.1, 0.15) is 42.4 Å². The number of hydrogen-bond donors (Lipinski definition) is 2. The van der Waals surface area contributed by atoms with Crippen LogP contribution >= 0.6 is 0 Å². The van der Waals surface area contributed by atoms with Gasteiger partial charge in [0.1, 0.15) is 11.9 Å². The minimum absolute atomic E-state index is 0.0779. The number of aromatic nitrogens is 2. The normalized spacial score (nSPS) is 12.4. The highest BCUT2D eigenvalue weighted by Crippen LogP contribution is 2.23. The molecule has 0 aliphatic heterocycles. The van der Waals surface area contributed by atoms with Gasteiger partial charge in [-0.1, -0.05) is 32.9 Å². The molecule has 0 spiro atoms. The Balaban J connectivity index is 2.00. The molecule has 0 aliphatic carbocycles. The van der Waals surface area contributed by atoms with Gasteiger partial charge in [0.15, 0.2) is 5.69 Å². The van der Waals surface area contributed by atoms with Gasteiger partial charge in [-0.2, -0.15) is 10.4 Å². The number of carbonyl (C=O) groups excluding carboxylic acids is 2. The number of benzene rings is 2. The Morgan fingerprint density at radius 2 is 1.90 bits per heavy atom. The van der Waals surface area contributed by atoms with Gasteiger partial charge >= 0.3 is 0 Å². The summed E-state index contributed by atoms with van der Waals surface area (Å²) in [4.78, 5) is 24.8. The molecule has 1 atom stereocenters. The number of amides is 2. The highest BCUT2D eigenvalue weighted by molar-refractivity contribution is 6.06. The van der Waals surface area contributed by atoms with E-state index in [4.69, 9.17) is 11.0 Å². The molecule has 0 bridgehead atoms. The summed E-state index contributed by atoms with van der Waals surface area (Å²) in [7, 11) is 0. The van der Waals surface area contributed by atoms with E-state index in [-0.39, 0.29) is 12.2 Å².